The molecule has 0 atom stereocenters. The summed E-state index contributed by atoms with van der Waals surface area (Å²) < 4.78 is 5.70. The molecule has 2 heterocycles. The third-order valence-electron chi connectivity index (χ3n) is 3.18. The van der Waals surface area contributed by atoms with Gasteiger partial charge in [0.05, 0.1) is 6.20 Å². The minimum atomic E-state index is 0.515. The first-order chi connectivity index (χ1) is 8.81. The third kappa shape index (κ3) is 2.32. The van der Waals surface area contributed by atoms with Crippen LogP contribution in [0.5, 0.6) is 11.6 Å². The van der Waals surface area contributed by atoms with Crippen molar-refractivity contribution in [2.24, 2.45) is 0 Å². The van der Waals surface area contributed by atoms with Crippen LogP contribution in [-0.4, -0.2) is 15.0 Å². The summed E-state index contributed by atoms with van der Waals surface area (Å²) in [7, 11) is 0. The maximum Gasteiger partial charge on any atom is 0.222 e. The lowest BCUT2D eigenvalue weighted by atomic mass is 9.85. The third-order valence-corrected chi connectivity index (χ3v) is 3.18. The van der Waals surface area contributed by atoms with Crippen LogP contribution in [0.3, 0.4) is 0 Å². The Balaban J connectivity index is 1.85. The van der Waals surface area contributed by atoms with Crippen LogP contribution in [0, 0.1) is 6.92 Å². The normalized spacial score (nSPS) is 15.2. The summed E-state index contributed by atoms with van der Waals surface area (Å²) in [6.45, 7) is 1.97. The Morgan fingerprint density at radius 1 is 1.28 bits per heavy atom. The van der Waals surface area contributed by atoms with E-state index < -0.39 is 0 Å². The molecule has 0 N–H and O–H groups in total. The van der Waals surface area contributed by atoms with E-state index in [-0.39, 0.29) is 0 Å². The maximum absolute atomic E-state index is 5.70. The largest absolute Gasteiger partial charge is 0.437 e. The molecule has 0 amide bonds. The summed E-state index contributed by atoms with van der Waals surface area (Å²) in [6.07, 6.45) is 7.06. The molecule has 0 saturated heterocycles. The fraction of sp³-hybridized carbons (Fsp3) is 0.357. The van der Waals surface area contributed by atoms with Gasteiger partial charge in [-0.05, 0) is 31.9 Å². The van der Waals surface area contributed by atoms with Crippen molar-refractivity contribution in [2.75, 3.05) is 0 Å². The lowest BCUT2D eigenvalue weighted by molar-refractivity contribution is 0.389. The van der Waals surface area contributed by atoms with E-state index >= 15 is 0 Å². The smallest absolute Gasteiger partial charge is 0.222 e. The van der Waals surface area contributed by atoms with E-state index in [1.54, 1.807) is 12.4 Å². The molecular formula is C14H15N3O. The number of hydrogen-bond acceptors (Lipinski definition) is 4. The summed E-state index contributed by atoms with van der Waals surface area (Å²) in [6, 6.07) is 5.57. The second-order valence-corrected chi connectivity index (χ2v) is 4.62. The zero-order valence-corrected chi connectivity index (χ0v) is 10.3. The van der Waals surface area contributed by atoms with Gasteiger partial charge in [0.15, 0.2) is 0 Å². The van der Waals surface area contributed by atoms with Gasteiger partial charge in [0.25, 0.3) is 0 Å². The van der Waals surface area contributed by atoms with E-state index in [0.717, 1.165) is 11.5 Å². The Labute approximate surface area is 106 Å². The van der Waals surface area contributed by atoms with Crippen molar-refractivity contribution in [3.8, 4) is 11.6 Å². The van der Waals surface area contributed by atoms with Gasteiger partial charge in [-0.15, -0.1) is 0 Å². The highest BCUT2D eigenvalue weighted by molar-refractivity contribution is 5.25. The molecule has 0 aliphatic heterocycles. The van der Waals surface area contributed by atoms with Gasteiger partial charge in [-0.2, -0.15) is 4.98 Å². The zero-order chi connectivity index (χ0) is 12.4. The highest BCUT2D eigenvalue weighted by atomic mass is 16.5. The molecule has 1 aliphatic rings. The minimum Gasteiger partial charge on any atom is -0.437 e. The van der Waals surface area contributed by atoms with E-state index in [0.29, 0.717) is 17.5 Å². The van der Waals surface area contributed by atoms with Crippen molar-refractivity contribution >= 4 is 0 Å². The molecule has 1 saturated carbocycles. The summed E-state index contributed by atoms with van der Waals surface area (Å²) in [4.78, 5) is 13.0. The first kappa shape index (κ1) is 11.1. The highest BCUT2D eigenvalue weighted by Crippen LogP contribution is 2.35. The van der Waals surface area contributed by atoms with Gasteiger partial charge in [0.2, 0.25) is 5.88 Å². The van der Waals surface area contributed by atoms with E-state index in [9.17, 15) is 0 Å². The SMILES string of the molecule is Cc1cc(Oc2cccnc2)nc(C2CCC2)n1. The van der Waals surface area contributed by atoms with Gasteiger partial charge in [-0.25, -0.2) is 4.98 Å². The molecule has 0 spiro atoms. The Bertz CT molecular complexity index is 538. The molecule has 92 valence electrons. The van der Waals surface area contributed by atoms with Crippen LogP contribution < -0.4 is 4.74 Å². The quantitative estimate of drug-likeness (QED) is 0.827. The summed E-state index contributed by atoms with van der Waals surface area (Å²) in [5.41, 5.74) is 0.950. The summed E-state index contributed by atoms with van der Waals surface area (Å²) in [5, 5.41) is 0. The second kappa shape index (κ2) is 4.72. The molecule has 18 heavy (non-hydrogen) atoms. The van der Waals surface area contributed by atoms with Crippen molar-refractivity contribution in [3.05, 3.63) is 42.1 Å². The van der Waals surface area contributed by atoms with Crippen molar-refractivity contribution in [2.45, 2.75) is 32.1 Å². The van der Waals surface area contributed by atoms with Crippen molar-refractivity contribution in [1.29, 1.82) is 0 Å². The first-order valence-corrected chi connectivity index (χ1v) is 6.25. The number of hydrogen-bond donors (Lipinski definition) is 0. The molecule has 4 heteroatoms. The Kier molecular flexibility index (Phi) is 2.92. The van der Waals surface area contributed by atoms with Crippen LogP contribution in [0.15, 0.2) is 30.6 Å². The van der Waals surface area contributed by atoms with Gasteiger partial charge < -0.3 is 4.74 Å². The fourth-order valence-electron chi connectivity index (χ4n) is 1.99. The standard InChI is InChI=1S/C14H15N3O/c1-10-8-13(18-12-6-3-7-15-9-12)17-14(16-10)11-4-2-5-11/h3,6-9,11H,2,4-5H2,1H3. The molecule has 1 fully saturated rings. The van der Waals surface area contributed by atoms with Crippen molar-refractivity contribution in [3.63, 3.8) is 0 Å². The lowest BCUT2D eigenvalue weighted by Gasteiger charge is -2.24. The van der Waals surface area contributed by atoms with Crippen LogP contribution in [0.2, 0.25) is 0 Å². The van der Waals surface area contributed by atoms with Gasteiger partial charge in [0.1, 0.15) is 11.6 Å². The number of pyridine rings is 1. The number of ether oxygens (including phenoxy) is 1. The Morgan fingerprint density at radius 3 is 2.83 bits per heavy atom. The lowest BCUT2D eigenvalue weighted by Crippen LogP contribution is -2.13. The molecule has 0 radical (unpaired) electrons. The Morgan fingerprint density at radius 2 is 2.17 bits per heavy atom. The van der Waals surface area contributed by atoms with Gasteiger partial charge >= 0.3 is 0 Å². The van der Waals surface area contributed by atoms with E-state index in [4.69, 9.17) is 4.74 Å². The van der Waals surface area contributed by atoms with E-state index in [1.807, 2.05) is 25.1 Å². The maximum atomic E-state index is 5.70. The average Bonchev–Trinajstić information content (AvgIpc) is 2.27. The van der Waals surface area contributed by atoms with E-state index in [1.165, 1.54) is 19.3 Å². The number of aryl methyl sites for hydroxylation is 1. The molecule has 3 rings (SSSR count). The molecule has 4 nitrogen and oxygen atoms in total. The zero-order valence-electron chi connectivity index (χ0n) is 10.3. The van der Waals surface area contributed by atoms with Crippen LogP contribution >= 0.6 is 0 Å². The number of rotatable bonds is 3. The molecule has 2 aromatic rings. The molecule has 2 aromatic heterocycles. The molecule has 1 aliphatic carbocycles. The monoisotopic (exact) mass is 241 g/mol. The first-order valence-electron chi connectivity index (χ1n) is 6.25. The van der Waals surface area contributed by atoms with Crippen LogP contribution in [0.1, 0.15) is 36.7 Å². The Hall–Kier alpha value is -1.97. The summed E-state index contributed by atoms with van der Waals surface area (Å²) in [5.74, 6) is 2.74. The summed E-state index contributed by atoms with van der Waals surface area (Å²) >= 11 is 0. The van der Waals surface area contributed by atoms with Crippen molar-refractivity contribution < 1.29 is 4.74 Å². The van der Waals surface area contributed by atoms with Gasteiger partial charge in [-0.1, -0.05) is 6.42 Å². The number of nitrogens with zero attached hydrogens (tertiary/aromatic N) is 3. The molecule has 0 bridgehead atoms. The molecule has 0 unspecified atom stereocenters. The van der Waals surface area contributed by atoms with Crippen LogP contribution in [0.4, 0.5) is 0 Å². The predicted octanol–water partition coefficient (Wildman–Crippen LogP) is 3.24. The topological polar surface area (TPSA) is 47.9 Å². The van der Waals surface area contributed by atoms with Crippen molar-refractivity contribution in [1.82, 2.24) is 15.0 Å². The van der Waals surface area contributed by atoms with Crippen LogP contribution in [0.25, 0.3) is 0 Å². The average molecular weight is 241 g/mol. The second-order valence-electron chi connectivity index (χ2n) is 4.62. The minimum absolute atomic E-state index is 0.515. The van der Waals surface area contributed by atoms with Crippen LogP contribution in [-0.2, 0) is 0 Å². The molecule has 0 aromatic carbocycles. The van der Waals surface area contributed by atoms with E-state index in [2.05, 4.69) is 15.0 Å². The van der Waals surface area contributed by atoms with Gasteiger partial charge in [-0.3, -0.25) is 4.98 Å². The fourth-order valence-corrected chi connectivity index (χ4v) is 1.99. The van der Waals surface area contributed by atoms with Gasteiger partial charge in [0, 0.05) is 23.9 Å². The highest BCUT2D eigenvalue weighted by Gasteiger charge is 2.23. The number of aromatic nitrogens is 3. The molecular weight excluding hydrogens is 226 g/mol. The predicted molar refractivity (Wildman–Crippen MR) is 67.7 cm³/mol.